The molecule has 0 radical (unpaired) electrons. The summed E-state index contributed by atoms with van der Waals surface area (Å²) in [4.78, 5) is 39.4. The van der Waals surface area contributed by atoms with Crippen molar-refractivity contribution in [3.8, 4) is 11.4 Å². The second-order valence-corrected chi connectivity index (χ2v) is 9.18. The van der Waals surface area contributed by atoms with Crippen molar-refractivity contribution in [2.75, 3.05) is 0 Å². The molecule has 3 aromatic rings. The summed E-state index contributed by atoms with van der Waals surface area (Å²) in [5, 5.41) is 11.2. The number of amides is 1. The van der Waals surface area contributed by atoms with Crippen LogP contribution < -0.4 is 17.0 Å². The highest BCUT2D eigenvalue weighted by atomic mass is 19.1. The van der Waals surface area contributed by atoms with E-state index in [1.165, 1.54) is 6.07 Å². The van der Waals surface area contributed by atoms with E-state index in [2.05, 4.69) is 5.73 Å². The molecule has 1 amide bonds. The van der Waals surface area contributed by atoms with Gasteiger partial charge in [0.15, 0.2) is 6.10 Å². The quantitative estimate of drug-likeness (QED) is 0.332. The zero-order chi connectivity index (χ0) is 27.2. The van der Waals surface area contributed by atoms with Gasteiger partial charge in [0, 0.05) is 22.6 Å². The molecule has 2 atom stereocenters. The van der Waals surface area contributed by atoms with Crippen LogP contribution in [-0.4, -0.2) is 32.6 Å². The molecular formula is C27H31FN4O5. The van der Waals surface area contributed by atoms with Crippen LogP contribution in [0.4, 0.5) is 4.39 Å². The van der Waals surface area contributed by atoms with Crippen molar-refractivity contribution in [2.24, 2.45) is 11.5 Å². The van der Waals surface area contributed by atoms with Gasteiger partial charge in [-0.15, -0.1) is 0 Å². The summed E-state index contributed by atoms with van der Waals surface area (Å²) in [7, 11) is 0. The van der Waals surface area contributed by atoms with E-state index >= 15 is 0 Å². The van der Waals surface area contributed by atoms with Crippen LogP contribution in [0.15, 0.2) is 16.9 Å². The van der Waals surface area contributed by atoms with E-state index < -0.39 is 24.0 Å². The normalized spacial score (nSPS) is 17.3. The van der Waals surface area contributed by atoms with Crippen molar-refractivity contribution in [1.82, 2.24) is 9.55 Å². The van der Waals surface area contributed by atoms with Gasteiger partial charge in [-0.1, -0.05) is 13.8 Å². The molecule has 1 aliphatic carbocycles. The Bertz CT molecular complexity index is 1500. The van der Waals surface area contributed by atoms with Gasteiger partial charge in [0.25, 0.3) is 5.56 Å². The Morgan fingerprint density at radius 1 is 1.19 bits per heavy atom. The smallest absolute Gasteiger partial charge is 0.340 e. The first-order chi connectivity index (χ1) is 17.6. The number of aromatic nitrogens is 2. The van der Waals surface area contributed by atoms with E-state index in [1.54, 1.807) is 24.5 Å². The third kappa shape index (κ3) is 4.30. The number of nitrogens with two attached hydrogens (primary N) is 2. The Kier molecular flexibility index (Phi) is 7.16. The third-order valence-electron chi connectivity index (χ3n) is 6.99. The molecule has 9 nitrogen and oxygen atoms in total. The summed E-state index contributed by atoms with van der Waals surface area (Å²) < 4.78 is 21.1. The lowest BCUT2D eigenvalue weighted by Gasteiger charge is -2.22. The second-order valence-electron chi connectivity index (χ2n) is 9.18. The Hall–Kier alpha value is -3.63. The molecule has 0 spiro atoms. The van der Waals surface area contributed by atoms with E-state index in [1.807, 2.05) is 13.8 Å². The van der Waals surface area contributed by atoms with Crippen LogP contribution in [0.3, 0.4) is 0 Å². The maximum absolute atomic E-state index is 14.5. The number of esters is 1. The molecule has 10 heteroatoms. The van der Waals surface area contributed by atoms with Crippen molar-refractivity contribution in [3.63, 3.8) is 0 Å². The number of halogens is 1. The average molecular weight is 511 g/mol. The Morgan fingerprint density at radius 2 is 1.84 bits per heavy atom. The fourth-order valence-electron chi connectivity index (χ4n) is 5.06. The highest BCUT2D eigenvalue weighted by molar-refractivity contribution is 5.92. The van der Waals surface area contributed by atoms with Crippen molar-refractivity contribution in [1.29, 1.82) is 0 Å². The van der Waals surface area contributed by atoms with E-state index in [9.17, 15) is 23.9 Å². The highest BCUT2D eigenvalue weighted by Crippen LogP contribution is 2.41. The number of aliphatic hydroxyl groups excluding tert-OH is 1. The van der Waals surface area contributed by atoms with E-state index in [0.717, 1.165) is 41.3 Å². The number of benzene rings is 1. The number of nitrogens with zero attached hydrogens (tertiary/aromatic N) is 2. The average Bonchev–Trinajstić information content (AvgIpc) is 3.25. The van der Waals surface area contributed by atoms with Gasteiger partial charge < -0.3 is 25.9 Å². The van der Waals surface area contributed by atoms with Crippen molar-refractivity contribution in [2.45, 2.75) is 72.3 Å². The van der Waals surface area contributed by atoms with Crippen LogP contribution in [0.1, 0.15) is 66.7 Å². The lowest BCUT2D eigenvalue weighted by atomic mass is 9.85. The summed E-state index contributed by atoms with van der Waals surface area (Å²) in [6.07, 6.45) is 1.12. The molecule has 196 valence electrons. The summed E-state index contributed by atoms with van der Waals surface area (Å²) in [6, 6.07) is 2.62. The van der Waals surface area contributed by atoms with Crippen LogP contribution in [0.25, 0.3) is 22.3 Å². The maximum Gasteiger partial charge on any atom is 0.340 e. The zero-order valence-electron chi connectivity index (χ0n) is 21.4. The summed E-state index contributed by atoms with van der Waals surface area (Å²) in [6.45, 7) is 7.59. The van der Waals surface area contributed by atoms with Gasteiger partial charge in [-0.3, -0.25) is 9.59 Å². The molecule has 5 N–H and O–H groups in total. The summed E-state index contributed by atoms with van der Waals surface area (Å²) in [5.41, 5.74) is 15.5. The first-order valence-electron chi connectivity index (χ1n) is 12.4. The van der Waals surface area contributed by atoms with Gasteiger partial charge in [-0.2, -0.15) is 0 Å². The van der Waals surface area contributed by atoms with Crippen molar-refractivity contribution in [3.05, 3.63) is 61.7 Å². The molecule has 0 saturated heterocycles. The minimum Gasteiger partial charge on any atom is -0.458 e. The van der Waals surface area contributed by atoms with Gasteiger partial charge in [0.05, 0.1) is 35.1 Å². The van der Waals surface area contributed by atoms with Crippen molar-refractivity contribution < 1.29 is 23.8 Å². The number of rotatable bonds is 1. The molecule has 2 aliphatic heterocycles. The largest absolute Gasteiger partial charge is 0.458 e. The third-order valence-corrected chi connectivity index (χ3v) is 6.99. The number of ether oxygens (including phenoxy) is 1. The SMILES string of the molecule is CC.CC(N)C(N)=O.Cc1c(F)cc2nc3c(c4c2c1CCC4)Cn1c-3cc2c(c1=O)COC(=O)C2O. The van der Waals surface area contributed by atoms with Crippen LogP contribution in [0, 0.1) is 12.7 Å². The number of carbonyl (C=O) groups is 2. The van der Waals surface area contributed by atoms with Gasteiger partial charge in [-0.25, -0.2) is 14.2 Å². The number of hydrogen-bond donors (Lipinski definition) is 3. The maximum atomic E-state index is 14.5. The predicted octanol–water partition coefficient (Wildman–Crippen LogP) is 2.30. The lowest BCUT2D eigenvalue weighted by Crippen LogP contribution is -2.32. The molecule has 3 aliphatic rings. The minimum absolute atomic E-state index is 0.141. The first kappa shape index (κ1) is 26.4. The highest BCUT2D eigenvalue weighted by Gasteiger charge is 2.35. The number of primary amides is 1. The molecule has 0 bridgehead atoms. The number of cyclic esters (lactones) is 1. The van der Waals surface area contributed by atoms with Crippen LogP contribution >= 0.6 is 0 Å². The van der Waals surface area contributed by atoms with Gasteiger partial charge >= 0.3 is 5.97 Å². The van der Waals surface area contributed by atoms with Crippen LogP contribution in [-0.2, 0) is 40.3 Å². The number of aryl methyl sites for hydroxylation is 2. The molecule has 6 rings (SSSR count). The van der Waals surface area contributed by atoms with Gasteiger partial charge in [-0.05, 0) is 55.9 Å². The first-order valence-corrected chi connectivity index (χ1v) is 12.4. The standard InChI is InChI=1S/C22H17FN2O4.C3H8N2O.C2H6/c1-9-10-3-2-4-11-13-7-25-17(19(13)24-16(18(10)11)6-15(9)23)5-12-14(21(25)27)8-29-22(28)20(12)26;1-2(4)3(5)6;1-2/h5-6,20,26H,2-4,7-8H2,1H3;2H,4H2,1H3,(H2,5,6);1-2H3. The zero-order valence-corrected chi connectivity index (χ0v) is 21.4. The molecule has 4 heterocycles. The number of pyridine rings is 2. The Balaban J connectivity index is 0.000000355. The fraction of sp³-hybridized carbons (Fsp3) is 0.407. The molecule has 0 saturated carbocycles. The molecule has 2 unspecified atom stereocenters. The van der Waals surface area contributed by atoms with Crippen LogP contribution in [0.2, 0.25) is 0 Å². The monoisotopic (exact) mass is 510 g/mol. The molecule has 0 fully saturated rings. The molecule has 37 heavy (non-hydrogen) atoms. The van der Waals surface area contributed by atoms with Crippen molar-refractivity contribution >= 4 is 22.8 Å². The van der Waals surface area contributed by atoms with Gasteiger partial charge in [0.2, 0.25) is 5.91 Å². The van der Waals surface area contributed by atoms with E-state index in [0.29, 0.717) is 34.6 Å². The number of fused-ring (bicyclic) bond motifs is 5. The second kappa shape index (κ2) is 10.0. The Labute approximate surface area is 213 Å². The topological polar surface area (TPSA) is 151 Å². The predicted molar refractivity (Wildman–Crippen MR) is 136 cm³/mol. The minimum atomic E-state index is -1.48. The Morgan fingerprint density at radius 3 is 2.49 bits per heavy atom. The van der Waals surface area contributed by atoms with E-state index in [-0.39, 0.29) is 23.5 Å². The summed E-state index contributed by atoms with van der Waals surface area (Å²) >= 11 is 0. The summed E-state index contributed by atoms with van der Waals surface area (Å²) in [5.74, 6) is -1.49. The lowest BCUT2D eigenvalue weighted by molar-refractivity contribution is -0.157. The molecule has 2 aromatic heterocycles. The fourth-order valence-corrected chi connectivity index (χ4v) is 5.06. The molecular weight excluding hydrogens is 479 g/mol. The number of aliphatic hydroxyl groups is 1. The number of hydrogen-bond acceptors (Lipinski definition) is 7. The van der Waals surface area contributed by atoms with E-state index in [4.69, 9.17) is 15.5 Å². The van der Waals surface area contributed by atoms with Gasteiger partial charge in [0.1, 0.15) is 12.4 Å². The van der Waals surface area contributed by atoms with Crippen LogP contribution in [0.5, 0.6) is 0 Å². The molecule has 1 aromatic carbocycles. The number of carbonyl (C=O) groups excluding carboxylic acids is 2.